The molecule has 2 aliphatic heterocycles. The molecule has 0 spiro atoms. The molecule has 0 bridgehead atoms. The van der Waals surface area contributed by atoms with E-state index in [0.29, 0.717) is 18.2 Å². The molecule has 0 saturated carbocycles. The second kappa shape index (κ2) is 8.08. The summed E-state index contributed by atoms with van der Waals surface area (Å²) in [4.78, 5) is 23.1. The van der Waals surface area contributed by atoms with Crippen LogP contribution in [0, 0.1) is 0 Å². The van der Waals surface area contributed by atoms with E-state index in [4.69, 9.17) is 0 Å². The van der Waals surface area contributed by atoms with E-state index in [1.807, 2.05) is 12.1 Å². The molecule has 2 aliphatic rings. The molecular formula is C22H28F3N5O2. The number of aliphatic hydroxyl groups is 1. The first-order valence-corrected chi connectivity index (χ1v) is 10.7. The first kappa shape index (κ1) is 22.6. The number of aromatic nitrogens is 2. The molecule has 1 aromatic carbocycles. The maximum absolute atomic E-state index is 13.3. The van der Waals surface area contributed by atoms with Crippen LogP contribution in [0.4, 0.5) is 18.9 Å². The van der Waals surface area contributed by atoms with Crippen LogP contribution in [0.2, 0.25) is 0 Å². The van der Waals surface area contributed by atoms with Gasteiger partial charge in [0.05, 0.1) is 24.5 Å². The highest BCUT2D eigenvalue weighted by Crippen LogP contribution is 2.40. The monoisotopic (exact) mass is 451 g/mol. The molecule has 32 heavy (non-hydrogen) atoms. The number of likely N-dealkylation sites (N-methyl/N-ethyl adjacent to an activating group) is 1. The molecule has 1 N–H and O–H groups in total. The summed E-state index contributed by atoms with van der Waals surface area (Å²) in [6.45, 7) is 6.62. The van der Waals surface area contributed by atoms with E-state index in [-0.39, 0.29) is 19.0 Å². The summed E-state index contributed by atoms with van der Waals surface area (Å²) in [7, 11) is 2.10. The lowest BCUT2D eigenvalue weighted by atomic mass is 10.0. The highest BCUT2D eigenvalue weighted by atomic mass is 19.4. The van der Waals surface area contributed by atoms with Crippen LogP contribution >= 0.6 is 0 Å². The number of hydrogen-bond acceptors (Lipinski definition) is 5. The predicted molar refractivity (Wildman–Crippen MR) is 113 cm³/mol. The minimum Gasteiger partial charge on any atom is -0.374 e. The van der Waals surface area contributed by atoms with Crippen LogP contribution in [-0.4, -0.2) is 76.3 Å². The Bertz CT molecular complexity index is 978. The molecule has 2 atom stereocenters. The zero-order valence-corrected chi connectivity index (χ0v) is 18.4. The van der Waals surface area contributed by atoms with Crippen molar-refractivity contribution in [2.75, 3.05) is 44.7 Å². The second-order valence-corrected chi connectivity index (χ2v) is 8.89. The summed E-state index contributed by atoms with van der Waals surface area (Å²) in [6.07, 6.45) is -3.55. The third-order valence-corrected chi connectivity index (χ3v) is 6.41. The van der Waals surface area contributed by atoms with Gasteiger partial charge in [-0.05, 0) is 45.2 Å². The molecule has 0 radical (unpaired) electrons. The van der Waals surface area contributed by atoms with Crippen molar-refractivity contribution < 1.29 is 23.1 Å². The van der Waals surface area contributed by atoms with Gasteiger partial charge in [0, 0.05) is 44.0 Å². The fourth-order valence-corrected chi connectivity index (χ4v) is 4.37. The number of fused-ring (bicyclic) bond motifs is 1. The maximum Gasteiger partial charge on any atom is 0.424 e. The quantitative estimate of drug-likeness (QED) is 0.778. The molecule has 10 heteroatoms. The molecule has 0 aliphatic carbocycles. The van der Waals surface area contributed by atoms with E-state index in [1.165, 1.54) is 10.8 Å². The Hall–Kier alpha value is -2.59. The van der Waals surface area contributed by atoms with Gasteiger partial charge >= 0.3 is 6.18 Å². The van der Waals surface area contributed by atoms with Crippen molar-refractivity contribution in [3.63, 3.8) is 0 Å². The molecular weight excluding hydrogens is 423 g/mol. The van der Waals surface area contributed by atoms with Gasteiger partial charge in [0.1, 0.15) is 0 Å². The van der Waals surface area contributed by atoms with Crippen LogP contribution in [0.5, 0.6) is 0 Å². The topological polar surface area (TPSA) is 64.8 Å². The molecule has 1 amide bonds. The van der Waals surface area contributed by atoms with Crippen molar-refractivity contribution in [3.05, 3.63) is 47.5 Å². The maximum atomic E-state index is 13.3. The lowest BCUT2D eigenvalue weighted by Gasteiger charge is -2.36. The van der Waals surface area contributed by atoms with Gasteiger partial charge in [0.15, 0.2) is 5.82 Å². The Morgan fingerprint density at radius 1 is 1.12 bits per heavy atom. The fourth-order valence-electron chi connectivity index (χ4n) is 4.37. The summed E-state index contributed by atoms with van der Waals surface area (Å²) < 4.78 is 41.4. The smallest absolute Gasteiger partial charge is 0.374 e. The summed E-state index contributed by atoms with van der Waals surface area (Å²) in [6, 6.07) is 7.02. The van der Waals surface area contributed by atoms with E-state index >= 15 is 0 Å². The third kappa shape index (κ3) is 3.97. The van der Waals surface area contributed by atoms with Crippen LogP contribution in [0.1, 0.15) is 41.8 Å². The standard InChI is InChI=1S/C22H28F3N5O2/c1-15-13-29(14-18-12-26-20(30(15)18)21(2,32)22(23,24)25)19(31)16-4-6-17(7-5-16)28-10-8-27(3)9-11-28/h4-7,12,15,32H,8-11,13-14H2,1-3H3/t15-,21?/m0/s1. The van der Waals surface area contributed by atoms with Gasteiger partial charge in [-0.25, -0.2) is 4.98 Å². The van der Waals surface area contributed by atoms with E-state index in [2.05, 4.69) is 21.8 Å². The zero-order valence-electron chi connectivity index (χ0n) is 18.4. The van der Waals surface area contributed by atoms with Crippen molar-refractivity contribution in [2.45, 2.75) is 38.2 Å². The van der Waals surface area contributed by atoms with Gasteiger partial charge in [0.2, 0.25) is 5.60 Å². The number of nitrogens with zero attached hydrogens (tertiary/aromatic N) is 5. The van der Waals surface area contributed by atoms with Crippen molar-refractivity contribution in [1.82, 2.24) is 19.4 Å². The van der Waals surface area contributed by atoms with Gasteiger partial charge in [0.25, 0.3) is 5.91 Å². The van der Waals surface area contributed by atoms with Crippen LogP contribution in [0.3, 0.4) is 0 Å². The Balaban J connectivity index is 1.50. The van der Waals surface area contributed by atoms with Crippen molar-refractivity contribution in [2.24, 2.45) is 0 Å². The normalized spacial score (nSPS) is 21.9. The summed E-state index contributed by atoms with van der Waals surface area (Å²) in [5.41, 5.74) is -1.000. The van der Waals surface area contributed by atoms with Gasteiger partial charge < -0.3 is 24.4 Å². The minimum atomic E-state index is -4.85. The van der Waals surface area contributed by atoms with Gasteiger partial charge in [-0.3, -0.25) is 4.79 Å². The Morgan fingerprint density at radius 3 is 2.34 bits per heavy atom. The summed E-state index contributed by atoms with van der Waals surface area (Å²) >= 11 is 0. The Morgan fingerprint density at radius 2 is 1.75 bits per heavy atom. The molecule has 174 valence electrons. The Labute approximate surface area is 185 Å². The number of benzene rings is 1. The minimum absolute atomic E-state index is 0.129. The van der Waals surface area contributed by atoms with Crippen molar-refractivity contribution >= 4 is 11.6 Å². The first-order valence-electron chi connectivity index (χ1n) is 10.7. The highest BCUT2D eigenvalue weighted by molar-refractivity contribution is 5.94. The number of rotatable bonds is 3. The number of anilines is 1. The largest absolute Gasteiger partial charge is 0.424 e. The third-order valence-electron chi connectivity index (χ3n) is 6.41. The van der Waals surface area contributed by atoms with E-state index in [0.717, 1.165) is 31.9 Å². The first-order chi connectivity index (χ1) is 15.0. The van der Waals surface area contributed by atoms with Crippen LogP contribution in [0.25, 0.3) is 0 Å². The number of hydrogen-bond donors (Lipinski definition) is 1. The zero-order chi connectivity index (χ0) is 23.3. The van der Waals surface area contributed by atoms with Crippen molar-refractivity contribution in [1.29, 1.82) is 0 Å². The summed E-state index contributed by atoms with van der Waals surface area (Å²) in [5, 5.41) is 10.1. The van der Waals surface area contributed by atoms with E-state index in [9.17, 15) is 23.1 Å². The SMILES string of the molecule is C[C@H]1CN(C(=O)c2ccc(N3CCN(C)CC3)cc2)Cc2cnc(C(C)(O)C(F)(F)F)n21. The molecule has 4 rings (SSSR count). The van der Waals surface area contributed by atoms with Crippen LogP contribution in [0.15, 0.2) is 30.5 Å². The average molecular weight is 451 g/mol. The number of carbonyl (C=O) groups is 1. The van der Waals surface area contributed by atoms with Crippen LogP contribution < -0.4 is 4.90 Å². The number of imidazole rings is 1. The number of amides is 1. The Kier molecular flexibility index (Phi) is 5.70. The number of carbonyl (C=O) groups excluding carboxylic acids is 1. The molecule has 1 aromatic heterocycles. The molecule has 1 unspecified atom stereocenters. The van der Waals surface area contributed by atoms with Gasteiger partial charge in [-0.1, -0.05) is 0 Å². The van der Waals surface area contributed by atoms with Crippen LogP contribution in [-0.2, 0) is 12.1 Å². The lowest BCUT2D eigenvalue weighted by Crippen LogP contribution is -2.45. The van der Waals surface area contributed by atoms with Crippen molar-refractivity contribution in [3.8, 4) is 0 Å². The second-order valence-electron chi connectivity index (χ2n) is 8.89. The molecule has 7 nitrogen and oxygen atoms in total. The molecule has 1 saturated heterocycles. The summed E-state index contributed by atoms with van der Waals surface area (Å²) in [5.74, 6) is -0.630. The molecule has 1 fully saturated rings. The van der Waals surface area contributed by atoms with Gasteiger partial charge in [-0.15, -0.1) is 0 Å². The highest BCUT2D eigenvalue weighted by Gasteiger charge is 2.55. The number of halogens is 3. The van der Waals surface area contributed by atoms with E-state index < -0.39 is 23.6 Å². The lowest BCUT2D eigenvalue weighted by molar-refractivity contribution is -0.263. The van der Waals surface area contributed by atoms with E-state index in [1.54, 1.807) is 24.0 Å². The van der Waals surface area contributed by atoms with Gasteiger partial charge in [-0.2, -0.15) is 13.2 Å². The predicted octanol–water partition coefficient (Wildman–Crippen LogP) is 2.62. The average Bonchev–Trinajstić information content (AvgIpc) is 3.18. The fraction of sp³-hybridized carbons (Fsp3) is 0.545. The molecule has 2 aromatic rings. The number of alkyl halides is 3. The molecule has 3 heterocycles. The number of piperazine rings is 1.